The lowest BCUT2D eigenvalue weighted by Gasteiger charge is -2.27. The molecule has 1 aliphatic rings. The average molecular weight is 335 g/mol. The van der Waals surface area contributed by atoms with E-state index in [-0.39, 0.29) is 19.1 Å². The summed E-state index contributed by atoms with van der Waals surface area (Å²) in [5, 5.41) is 4.05. The van der Waals surface area contributed by atoms with Crippen molar-refractivity contribution in [3.8, 4) is 17.1 Å². The van der Waals surface area contributed by atoms with Crippen LogP contribution in [0.5, 0.6) is 5.75 Å². The first kappa shape index (κ1) is 15.4. The van der Waals surface area contributed by atoms with Gasteiger partial charge in [0, 0.05) is 5.56 Å². The maximum absolute atomic E-state index is 12.2. The monoisotopic (exact) mass is 335 g/mol. The molecule has 4 rings (SSSR count). The molecule has 6 heteroatoms. The molecule has 1 aromatic heterocycles. The molecule has 0 spiro atoms. The topological polar surface area (TPSA) is 68.5 Å². The SMILES string of the molecule is Cc1ccc(-c2noc(CN3C(=O)COc4ccccc43)n2)cc1C. The Morgan fingerprint density at radius 1 is 1.12 bits per heavy atom. The highest BCUT2D eigenvalue weighted by atomic mass is 16.5. The second-order valence-corrected chi connectivity index (χ2v) is 6.05. The van der Waals surface area contributed by atoms with Crippen LogP contribution in [-0.4, -0.2) is 22.7 Å². The lowest BCUT2D eigenvalue weighted by molar-refractivity contribution is -0.121. The molecular formula is C19H17N3O3. The third-order valence-corrected chi connectivity index (χ3v) is 4.33. The van der Waals surface area contributed by atoms with Crippen molar-refractivity contribution in [2.75, 3.05) is 11.5 Å². The van der Waals surface area contributed by atoms with E-state index in [1.807, 2.05) is 49.4 Å². The molecule has 0 bridgehead atoms. The van der Waals surface area contributed by atoms with Gasteiger partial charge in [-0.15, -0.1) is 0 Å². The normalized spacial score (nSPS) is 13.5. The Kier molecular flexibility index (Phi) is 3.72. The number of anilines is 1. The maximum Gasteiger partial charge on any atom is 0.265 e. The Morgan fingerprint density at radius 3 is 2.80 bits per heavy atom. The van der Waals surface area contributed by atoms with Gasteiger partial charge in [0.2, 0.25) is 11.7 Å². The zero-order valence-corrected chi connectivity index (χ0v) is 14.0. The van der Waals surface area contributed by atoms with Crippen molar-refractivity contribution < 1.29 is 14.1 Å². The van der Waals surface area contributed by atoms with Gasteiger partial charge in [-0.1, -0.05) is 29.4 Å². The van der Waals surface area contributed by atoms with E-state index in [4.69, 9.17) is 9.26 Å². The third kappa shape index (κ3) is 2.87. The molecule has 0 radical (unpaired) electrons. The number of benzene rings is 2. The summed E-state index contributed by atoms with van der Waals surface area (Å²) in [7, 11) is 0. The van der Waals surface area contributed by atoms with E-state index in [1.165, 1.54) is 11.1 Å². The summed E-state index contributed by atoms with van der Waals surface area (Å²) in [6.45, 7) is 4.33. The summed E-state index contributed by atoms with van der Waals surface area (Å²) in [6.07, 6.45) is 0. The molecule has 0 N–H and O–H groups in total. The molecule has 0 saturated carbocycles. The molecule has 0 saturated heterocycles. The van der Waals surface area contributed by atoms with Gasteiger partial charge in [0.1, 0.15) is 12.3 Å². The van der Waals surface area contributed by atoms with Crippen LogP contribution in [0, 0.1) is 13.8 Å². The molecule has 126 valence electrons. The molecule has 25 heavy (non-hydrogen) atoms. The van der Waals surface area contributed by atoms with E-state index in [9.17, 15) is 4.79 Å². The third-order valence-electron chi connectivity index (χ3n) is 4.33. The van der Waals surface area contributed by atoms with Crippen LogP contribution in [0.15, 0.2) is 47.0 Å². The summed E-state index contributed by atoms with van der Waals surface area (Å²) in [6, 6.07) is 13.4. The van der Waals surface area contributed by atoms with Crippen LogP contribution in [0.4, 0.5) is 5.69 Å². The number of ether oxygens (including phenoxy) is 1. The molecule has 0 fully saturated rings. The summed E-state index contributed by atoms with van der Waals surface area (Å²) in [5.74, 6) is 1.45. The van der Waals surface area contributed by atoms with E-state index in [2.05, 4.69) is 17.1 Å². The molecular weight excluding hydrogens is 318 g/mol. The van der Waals surface area contributed by atoms with Crippen molar-refractivity contribution >= 4 is 11.6 Å². The van der Waals surface area contributed by atoms with E-state index in [0.29, 0.717) is 23.2 Å². The second-order valence-electron chi connectivity index (χ2n) is 6.05. The molecule has 6 nitrogen and oxygen atoms in total. The zero-order valence-electron chi connectivity index (χ0n) is 14.0. The van der Waals surface area contributed by atoms with E-state index in [0.717, 1.165) is 5.56 Å². The Hall–Kier alpha value is -3.15. The van der Waals surface area contributed by atoms with Crippen molar-refractivity contribution in [2.24, 2.45) is 0 Å². The molecule has 2 aromatic carbocycles. The van der Waals surface area contributed by atoms with Crippen molar-refractivity contribution in [3.05, 3.63) is 59.5 Å². The predicted molar refractivity (Wildman–Crippen MR) is 92.3 cm³/mol. The quantitative estimate of drug-likeness (QED) is 0.735. The van der Waals surface area contributed by atoms with Crippen LogP contribution in [0.3, 0.4) is 0 Å². The number of carbonyl (C=O) groups is 1. The van der Waals surface area contributed by atoms with Gasteiger partial charge < -0.3 is 9.26 Å². The van der Waals surface area contributed by atoms with Gasteiger partial charge in [-0.3, -0.25) is 9.69 Å². The molecule has 3 aromatic rings. The Morgan fingerprint density at radius 2 is 1.96 bits per heavy atom. The highest BCUT2D eigenvalue weighted by Gasteiger charge is 2.27. The minimum Gasteiger partial charge on any atom is -0.482 e. The summed E-state index contributed by atoms with van der Waals surface area (Å²) in [4.78, 5) is 18.3. The number of fused-ring (bicyclic) bond motifs is 1. The fourth-order valence-electron chi connectivity index (χ4n) is 2.78. The fourth-order valence-corrected chi connectivity index (χ4v) is 2.78. The number of carbonyl (C=O) groups excluding carboxylic acids is 1. The number of amides is 1. The number of aryl methyl sites for hydroxylation is 2. The standard InChI is InChI=1S/C19H17N3O3/c1-12-7-8-14(9-13(12)2)19-20-17(25-21-19)10-22-15-5-3-4-6-16(15)24-11-18(22)23/h3-9H,10-11H2,1-2H3. The molecule has 1 aliphatic heterocycles. The van der Waals surface area contributed by atoms with E-state index in [1.54, 1.807) is 4.90 Å². The van der Waals surface area contributed by atoms with E-state index < -0.39 is 0 Å². The van der Waals surface area contributed by atoms with Crippen molar-refractivity contribution in [2.45, 2.75) is 20.4 Å². The first-order chi connectivity index (χ1) is 12.1. The Balaban J connectivity index is 1.61. The van der Waals surface area contributed by atoms with Crippen LogP contribution >= 0.6 is 0 Å². The number of aromatic nitrogens is 2. The molecule has 0 unspecified atom stereocenters. The second kappa shape index (κ2) is 6.05. The van der Waals surface area contributed by atoms with Gasteiger partial charge in [0.15, 0.2) is 6.61 Å². The molecule has 1 amide bonds. The zero-order chi connectivity index (χ0) is 17.4. The van der Waals surface area contributed by atoms with Crippen LogP contribution in [0.2, 0.25) is 0 Å². The van der Waals surface area contributed by atoms with Gasteiger partial charge in [-0.05, 0) is 43.2 Å². The number of hydrogen-bond acceptors (Lipinski definition) is 5. The lowest BCUT2D eigenvalue weighted by atomic mass is 10.1. The minimum atomic E-state index is -0.135. The maximum atomic E-state index is 12.2. The van der Waals surface area contributed by atoms with Gasteiger partial charge in [-0.2, -0.15) is 4.98 Å². The first-order valence-electron chi connectivity index (χ1n) is 8.04. The molecule has 2 heterocycles. The fraction of sp³-hybridized carbons (Fsp3) is 0.211. The predicted octanol–water partition coefficient (Wildman–Crippen LogP) is 3.28. The van der Waals surface area contributed by atoms with Crippen LogP contribution in [0.1, 0.15) is 17.0 Å². The number of nitrogens with zero attached hydrogens (tertiary/aromatic N) is 3. The van der Waals surface area contributed by atoms with Crippen molar-refractivity contribution in [1.82, 2.24) is 10.1 Å². The van der Waals surface area contributed by atoms with E-state index >= 15 is 0 Å². The number of hydrogen-bond donors (Lipinski definition) is 0. The number of rotatable bonds is 3. The highest BCUT2D eigenvalue weighted by molar-refractivity contribution is 5.97. The Bertz CT molecular complexity index is 949. The minimum absolute atomic E-state index is 0.00909. The lowest BCUT2D eigenvalue weighted by Crippen LogP contribution is -2.38. The van der Waals surface area contributed by atoms with Gasteiger partial charge in [0.25, 0.3) is 5.91 Å². The molecule has 0 atom stereocenters. The highest BCUT2D eigenvalue weighted by Crippen LogP contribution is 2.32. The van der Waals surface area contributed by atoms with Crippen molar-refractivity contribution in [1.29, 1.82) is 0 Å². The number of para-hydroxylation sites is 2. The largest absolute Gasteiger partial charge is 0.482 e. The average Bonchev–Trinajstić information content (AvgIpc) is 3.08. The first-order valence-corrected chi connectivity index (χ1v) is 8.04. The van der Waals surface area contributed by atoms with Crippen molar-refractivity contribution in [3.63, 3.8) is 0 Å². The van der Waals surface area contributed by atoms with Crippen LogP contribution in [0.25, 0.3) is 11.4 Å². The van der Waals surface area contributed by atoms with Crippen LogP contribution < -0.4 is 9.64 Å². The van der Waals surface area contributed by atoms with Gasteiger partial charge in [-0.25, -0.2) is 0 Å². The molecule has 0 aliphatic carbocycles. The smallest absolute Gasteiger partial charge is 0.265 e. The summed E-state index contributed by atoms with van der Waals surface area (Å²) < 4.78 is 10.8. The summed E-state index contributed by atoms with van der Waals surface area (Å²) >= 11 is 0. The van der Waals surface area contributed by atoms with Gasteiger partial charge in [0.05, 0.1) is 5.69 Å². The summed E-state index contributed by atoms with van der Waals surface area (Å²) in [5.41, 5.74) is 3.99. The van der Waals surface area contributed by atoms with Crippen LogP contribution in [-0.2, 0) is 11.3 Å². The van der Waals surface area contributed by atoms with Gasteiger partial charge >= 0.3 is 0 Å². The Labute approximate surface area is 145 Å².